The van der Waals surface area contributed by atoms with Crippen LogP contribution in [0.2, 0.25) is 0 Å². The van der Waals surface area contributed by atoms with E-state index in [-0.39, 0.29) is 35.9 Å². The number of rotatable bonds is 15. The van der Waals surface area contributed by atoms with Gasteiger partial charge in [-0.25, -0.2) is 0 Å². The molecule has 0 radical (unpaired) electrons. The van der Waals surface area contributed by atoms with Gasteiger partial charge in [0.2, 0.25) is 0 Å². The molecule has 3 aliphatic heterocycles. The molecular formula is C23H37NO4. The Kier molecular flexibility index (Phi) is 8.53. The van der Waals surface area contributed by atoms with Crippen molar-refractivity contribution in [1.82, 2.24) is 5.06 Å². The number of imide groups is 1. The summed E-state index contributed by atoms with van der Waals surface area (Å²) in [5.41, 5.74) is 0. The third-order valence-electron chi connectivity index (χ3n) is 6.34. The molecule has 0 N–H and O–H groups in total. The molecular weight excluding hydrogens is 354 g/mol. The highest BCUT2D eigenvalue weighted by Gasteiger charge is 2.61. The number of fused-ring (bicyclic) bond motifs is 5. The molecule has 5 nitrogen and oxygen atoms in total. The van der Waals surface area contributed by atoms with E-state index in [2.05, 4.69) is 6.92 Å². The first-order valence-corrected chi connectivity index (χ1v) is 11.6. The smallest absolute Gasteiger partial charge is 0.260 e. The van der Waals surface area contributed by atoms with Crippen molar-refractivity contribution in [1.29, 1.82) is 0 Å². The Balaban J connectivity index is 1.15. The van der Waals surface area contributed by atoms with Crippen LogP contribution in [0, 0.1) is 11.8 Å². The molecule has 0 aromatic heterocycles. The van der Waals surface area contributed by atoms with Gasteiger partial charge in [-0.2, -0.15) is 5.06 Å². The Morgan fingerprint density at radius 3 is 1.64 bits per heavy atom. The lowest BCUT2D eigenvalue weighted by Gasteiger charge is -2.16. The highest BCUT2D eigenvalue weighted by atomic mass is 16.7. The second-order valence-electron chi connectivity index (χ2n) is 8.55. The maximum Gasteiger partial charge on any atom is 0.260 e. The van der Waals surface area contributed by atoms with Crippen molar-refractivity contribution in [3.05, 3.63) is 12.2 Å². The molecule has 3 heterocycles. The normalized spacial score (nSPS) is 28.0. The number of unbranched alkanes of at least 4 members (excludes halogenated alkanes) is 12. The van der Waals surface area contributed by atoms with Gasteiger partial charge in [-0.15, -0.1) is 0 Å². The van der Waals surface area contributed by atoms with E-state index in [1.54, 1.807) is 0 Å². The van der Waals surface area contributed by atoms with Gasteiger partial charge in [0.1, 0.15) is 0 Å². The average molecular weight is 392 g/mol. The van der Waals surface area contributed by atoms with Gasteiger partial charge in [0, 0.05) is 0 Å². The van der Waals surface area contributed by atoms with Crippen molar-refractivity contribution in [3.63, 3.8) is 0 Å². The molecule has 0 saturated carbocycles. The van der Waals surface area contributed by atoms with Crippen molar-refractivity contribution in [2.45, 2.75) is 103 Å². The fourth-order valence-corrected chi connectivity index (χ4v) is 4.68. The van der Waals surface area contributed by atoms with Crippen LogP contribution in [0.25, 0.3) is 0 Å². The average Bonchev–Trinajstić information content (AvgIpc) is 3.37. The molecule has 158 valence electrons. The Morgan fingerprint density at radius 1 is 0.750 bits per heavy atom. The van der Waals surface area contributed by atoms with Crippen LogP contribution >= 0.6 is 0 Å². The Labute approximate surface area is 169 Å². The minimum Gasteiger partial charge on any atom is -0.365 e. The number of hydroxylamine groups is 2. The zero-order chi connectivity index (χ0) is 19.8. The summed E-state index contributed by atoms with van der Waals surface area (Å²) in [6, 6.07) is 0. The molecule has 0 unspecified atom stereocenters. The van der Waals surface area contributed by atoms with Gasteiger partial charge in [0.15, 0.2) is 0 Å². The monoisotopic (exact) mass is 391 g/mol. The van der Waals surface area contributed by atoms with E-state index in [0.717, 1.165) is 17.9 Å². The second-order valence-corrected chi connectivity index (χ2v) is 8.55. The predicted octanol–water partition coefficient (Wildman–Crippen LogP) is 4.95. The Bertz CT molecular complexity index is 517. The Morgan fingerprint density at radius 2 is 1.18 bits per heavy atom. The lowest BCUT2D eigenvalue weighted by atomic mass is 9.85. The van der Waals surface area contributed by atoms with Crippen LogP contribution in [0.4, 0.5) is 0 Å². The number of amides is 2. The van der Waals surface area contributed by atoms with E-state index in [4.69, 9.17) is 9.57 Å². The minimum atomic E-state index is -0.367. The molecule has 2 fully saturated rings. The molecule has 0 aliphatic carbocycles. The third-order valence-corrected chi connectivity index (χ3v) is 6.34. The largest absolute Gasteiger partial charge is 0.365 e. The van der Waals surface area contributed by atoms with E-state index in [9.17, 15) is 9.59 Å². The zero-order valence-corrected chi connectivity index (χ0v) is 17.4. The van der Waals surface area contributed by atoms with Gasteiger partial charge in [0.05, 0.1) is 30.7 Å². The van der Waals surface area contributed by atoms with Crippen LogP contribution < -0.4 is 0 Å². The number of hydrogen-bond donors (Lipinski definition) is 0. The van der Waals surface area contributed by atoms with E-state index in [1.807, 2.05) is 12.2 Å². The van der Waals surface area contributed by atoms with E-state index in [1.165, 1.54) is 70.6 Å². The van der Waals surface area contributed by atoms with Crippen molar-refractivity contribution in [3.8, 4) is 0 Å². The molecule has 0 spiro atoms. The van der Waals surface area contributed by atoms with Gasteiger partial charge in [-0.1, -0.05) is 96.1 Å². The standard InChI is InChI=1S/C23H37NO4/c1-2-3-4-5-6-7-8-9-10-11-12-13-14-17-27-24-22(25)20-18-15-16-19(28-18)21(20)23(24)26/h15-16,18-21H,2-14,17H2,1H3/t18-,19-,20-,21-/m0/s1. The van der Waals surface area contributed by atoms with E-state index in [0.29, 0.717) is 6.61 Å². The SMILES string of the molecule is CCCCCCCCCCCCCCCON1C(=O)[C@@H]2[C@@H](C1=O)[C@@H]1C=C[C@@H]2O1. The number of carbonyl (C=O) groups is 2. The maximum absolute atomic E-state index is 12.4. The van der Waals surface area contributed by atoms with Crippen LogP contribution in [0.3, 0.4) is 0 Å². The first-order valence-electron chi connectivity index (χ1n) is 11.6. The first kappa shape index (κ1) is 21.5. The summed E-state index contributed by atoms with van der Waals surface area (Å²) in [4.78, 5) is 30.4. The van der Waals surface area contributed by atoms with Gasteiger partial charge in [0.25, 0.3) is 11.8 Å². The summed E-state index contributed by atoms with van der Waals surface area (Å²) in [6.07, 6.45) is 20.1. The minimum absolute atomic E-state index is 0.221. The van der Waals surface area contributed by atoms with Crippen LogP contribution in [0.5, 0.6) is 0 Å². The molecule has 0 aromatic rings. The lowest BCUT2D eigenvalue weighted by molar-refractivity contribution is -0.192. The quantitative estimate of drug-likeness (QED) is 0.225. The lowest BCUT2D eigenvalue weighted by Crippen LogP contribution is -2.34. The van der Waals surface area contributed by atoms with Gasteiger partial charge in [-0.3, -0.25) is 14.4 Å². The van der Waals surface area contributed by atoms with Gasteiger partial charge >= 0.3 is 0 Å². The molecule has 4 atom stereocenters. The number of carbonyl (C=O) groups excluding carboxylic acids is 2. The number of hydrogen-bond acceptors (Lipinski definition) is 4. The summed E-state index contributed by atoms with van der Waals surface area (Å²) in [5, 5.41) is 1.02. The summed E-state index contributed by atoms with van der Waals surface area (Å²) in [5.74, 6) is -1.17. The Hall–Kier alpha value is -1.20. The summed E-state index contributed by atoms with van der Waals surface area (Å²) in [7, 11) is 0. The molecule has 2 amide bonds. The molecule has 3 rings (SSSR count). The summed E-state index contributed by atoms with van der Waals surface area (Å²) < 4.78 is 5.62. The van der Waals surface area contributed by atoms with Crippen molar-refractivity contribution in [2.24, 2.45) is 11.8 Å². The van der Waals surface area contributed by atoms with Crippen molar-refractivity contribution < 1.29 is 19.2 Å². The first-order chi connectivity index (χ1) is 13.7. The zero-order valence-electron chi connectivity index (χ0n) is 17.4. The second kappa shape index (κ2) is 11.1. The van der Waals surface area contributed by atoms with Gasteiger partial charge < -0.3 is 4.74 Å². The number of nitrogens with zero attached hydrogens (tertiary/aromatic N) is 1. The highest BCUT2D eigenvalue weighted by molar-refractivity contribution is 6.05. The van der Waals surface area contributed by atoms with Crippen LogP contribution in [0.1, 0.15) is 90.4 Å². The van der Waals surface area contributed by atoms with Crippen LogP contribution in [0.15, 0.2) is 12.2 Å². The molecule has 0 aromatic carbocycles. The maximum atomic E-state index is 12.4. The highest BCUT2D eigenvalue weighted by Crippen LogP contribution is 2.45. The van der Waals surface area contributed by atoms with Gasteiger partial charge in [-0.05, 0) is 6.42 Å². The third kappa shape index (κ3) is 5.24. The topological polar surface area (TPSA) is 55.8 Å². The van der Waals surface area contributed by atoms with E-state index < -0.39 is 0 Å². The fraction of sp³-hybridized carbons (Fsp3) is 0.826. The molecule has 2 bridgehead atoms. The van der Waals surface area contributed by atoms with Crippen LogP contribution in [-0.2, 0) is 19.2 Å². The fourth-order valence-electron chi connectivity index (χ4n) is 4.68. The molecule has 3 aliphatic rings. The molecule has 5 heteroatoms. The van der Waals surface area contributed by atoms with Crippen LogP contribution in [-0.4, -0.2) is 35.7 Å². The summed E-state index contributed by atoms with van der Waals surface area (Å²) in [6.45, 7) is 2.71. The summed E-state index contributed by atoms with van der Waals surface area (Å²) >= 11 is 0. The molecule has 28 heavy (non-hydrogen) atoms. The van der Waals surface area contributed by atoms with Crippen molar-refractivity contribution >= 4 is 11.8 Å². The van der Waals surface area contributed by atoms with E-state index >= 15 is 0 Å². The van der Waals surface area contributed by atoms with Crippen molar-refractivity contribution in [2.75, 3.05) is 6.61 Å². The predicted molar refractivity (Wildman–Crippen MR) is 108 cm³/mol. The number of ether oxygens (including phenoxy) is 1. The molecule has 2 saturated heterocycles.